The van der Waals surface area contributed by atoms with Crippen LogP contribution >= 0.6 is 15.9 Å². The fourth-order valence-corrected chi connectivity index (χ4v) is 8.80. The van der Waals surface area contributed by atoms with Crippen molar-refractivity contribution in [3.8, 4) is 0 Å². The first-order valence-electron chi connectivity index (χ1n) is 16.1. The van der Waals surface area contributed by atoms with Gasteiger partial charge in [0.15, 0.2) is 5.79 Å². The highest BCUT2D eigenvalue weighted by Gasteiger charge is 2.58. The zero-order valence-corrected chi connectivity index (χ0v) is 28.9. The van der Waals surface area contributed by atoms with Gasteiger partial charge < -0.3 is 33.5 Å². The van der Waals surface area contributed by atoms with Crippen molar-refractivity contribution >= 4 is 15.9 Å². The molecule has 5 fully saturated rings. The van der Waals surface area contributed by atoms with Crippen LogP contribution in [0.3, 0.4) is 0 Å². The van der Waals surface area contributed by atoms with E-state index in [0.717, 1.165) is 51.4 Å². The Labute approximate surface area is 257 Å². The van der Waals surface area contributed by atoms with Gasteiger partial charge in [-0.15, -0.1) is 0 Å². The van der Waals surface area contributed by atoms with E-state index in [-0.39, 0.29) is 52.9 Å². The van der Waals surface area contributed by atoms with Gasteiger partial charge in [-0.05, 0) is 133 Å². The first-order chi connectivity index (χ1) is 18.7. The molecule has 0 bridgehead atoms. The van der Waals surface area contributed by atoms with Crippen molar-refractivity contribution in [3.63, 3.8) is 0 Å². The zero-order chi connectivity index (χ0) is 30.3. The van der Waals surface area contributed by atoms with E-state index in [1.54, 1.807) is 0 Å². The molecule has 0 radical (unpaired) electrons. The highest BCUT2D eigenvalue weighted by atomic mass is 79.9. The molecule has 5 rings (SSSR count). The lowest BCUT2D eigenvalue weighted by Gasteiger charge is -2.51. The second-order valence-corrected chi connectivity index (χ2v) is 17.3. The van der Waals surface area contributed by atoms with Crippen LogP contribution in [-0.4, -0.2) is 79.8 Å². The molecule has 5 heterocycles. The molecule has 0 aromatic carbocycles. The van der Waals surface area contributed by atoms with Crippen molar-refractivity contribution in [2.24, 2.45) is 0 Å². The molecule has 0 spiro atoms. The van der Waals surface area contributed by atoms with E-state index >= 15 is 0 Å². The third kappa shape index (κ3) is 6.34. The van der Waals surface area contributed by atoms with Gasteiger partial charge in [0.1, 0.15) is 0 Å². The molecule has 0 aromatic rings. The first kappa shape index (κ1) is 32.6. The molecule has 238 valence electrons. The molecule has 0 aromatic heterocycles. The average molecular weight is 646 g/mol. The van der Waals surface area contributed by atoms with Gasteiger partial charge in [0.2, 0.25) is 0 Å². The zero-order valence-electron chi connectivity index (χ0n) is 27.3. The standard InChI is InChI=1S/C33H57BrO7/c1-27(2)21(34)13-18-33(10)26(37-27)16-20-32(9,41-33)25-12-11-24(36-25)31(8)19-15-23(39-31)30(7,35)17-14-22-28(3,4)40-29(5,6)38-22/h21-26,35H,11-20H2,1-10H3/t21-,22-,23+,24+,25+,26+,30-,31-,32-,33-/m1/s1. The minimum Gasteiger partial charge on any atom is -0.387 e. The highest BCUT2D eigenvalue weighted by molar-refractivity contribution is 9.09. The van der Waals surface area contributed by atoms with Gasteiger partial charge in [-0.1, -0.05) is 15.9 Å². The summed E-state index contributed by atoms with van der Waals surface area (Å²) < 4.78 is 39.5. The number of fused-ring (bicyclic) bond motifs is 1. The summed E-state index contributed by atoms with van der Waals surface area (Å²) in [6.45, 7) is 21.0. The Morgan fingerprint density at radius 1 is 0.683 bits per heavy atom. The Morgan fingerprint density at radius 3 is 1.90 bits per heavy atom. The van der Waals surface area contributed by atoms with E-state index in [1.807, 2.05) is 20.8 Å². The van der Waals surface area contributed by atoms with Crippen molar-refractivity contribution < 1.29 is 33.5 Å². The lowest BCUT2D eigenvalue weighted by Crippen LogP contribution is -2.59. The second-order valence-electron chi connectivity index (χ2n) is 16.2. The van der Waals surface area contributed by atoms with E-state index in [9.17, 15) is 5.11 Å². The predicted molar refractivity (Wildman–Crippen MR) is 162 cm³/mol. The van der Waals surface area contributed by atoms with Crippen molar-refractivity contribution in [1.82, 2.24) is 0 Å². The number of halogens is 1. The van der Waals surface area contributed by atoms with Crippen LogP contribution in [0.1, 0.15) is 133 Å². The summed E-state index contributed by atoms with van der Waals surface area (Å²) in [4.78, 5) is 0.307. The molecule has 0 aliphatic carbocycles. The number of alkyl halides is 1. The molecular weight excluding hydrogens is 588 g/mol. The summed E-state index contributed by atoms with van der Waals surface area (Å²) in [6.07, 6.45) is 8.57. The van der Waals surface area contributed by atoms with Crippen LogP contribution in [0.2, 0.25) is 0 Å². The smallest absolute Gasteiger partial charge is 0.164 e. The predicted octanol–water partition coefficient (Wildman–Crippen LogP) is 6.98. The highest BCUT2D eigenvalue weighted by Crippen LogP contribution is 2.51. The molecule has 7 nitrogen and oxygen atoms in total. The van der Waals surface area contributed by atoms with Crippen molar-refractivity contribution in [2.75, 3.05) is 0 Å². The van der Waals surface area contributed by atoms with E-state index in [2.05, 4.69) is 64.4 Å². The molecule has 5 aliphatic heterocycles. The minimum absolute atomic E-state index is 0.0122. The van der Waals surface area contributed by atoms with Gasteiger partial charge >= 0.3 is 0 Å². The fraction of sp³-hybridized carbons (Fsp3) is 1.00. The molecular formula is C33H57BrO7. The molecule has 1 N–H and O–H groups in total. The summed E-state index contributed by atoms with van der Waals surface area (Å²) in [5.41, 5.74) is -2.67. The van der Waals surface area contributed by atoms with E-state index in [1.165, 1.54) is 0 Å². The topological polar surface area (TPSA) is 75.6 Å². The summed E-state index contributed by atoms with van der Waals surface area (Å²) in [6, 6.07) is 0. The summed E-state index contributed by atoms with van der Waals surface area (Å²) in [5, 5.41) is 11.6. The monoisotopic (exact) mass is 644 g/mol. The normalized spacial score (nSPS) is 48.9. The van der Waals surface area contributed by atoms with Gasteiger partial charge in [0.05, 0.1) is 64.1 Å². The van der Waals surface area contributed by atoms with E-state index in [0.29, 0.717) is 17.7 Å². The number of aliphatic hydroxyl groups is 1. The van der Waals surface area contributed by atoms with Gasteiger partial charge in [0, 0.05) is 4.83 Å². The number of hydrogen-bond acceptors (Lipinski definition) is 7. The van der Waals surface area contributed by atoms with Crippen molar-refractivity contribution in [1.29, 1.82) is 0 Å². The molecule has 10 atom stereocenters. The largest absolute Gasteiger partial charge is 0.387 e. The van der Waals surface area contributed by atoms with Crippen LogP contribution < -0.4 is 0 Å². The van der Waals surface area contributed by atoms with Gasteiger partial charge in [-0.25, -0.2) is 0 Å². The Balaban J connectivity index is 1.19. The van der Waals surface area contributed by atoms with E-state index in [4.69, 9.17) is 28.4 Å². The third-order valence-electron chi connectivity index (χ3n) is 11.2. The fourth-order valence-electron chi connectivity index (χ4n) is 8.47. The molecule has 0 unspecified atom stereocenters. The molecule has 0 amide bonds. The van der Waals surface area contributed by atoms with Gasteiger partial charge in [0.25, 0.3) is 0 Å². The number of rotatable bonds is 6. The van der Waals surface area contributed by atoms with E-state index < -0.39 is 17.0 Å². The molecule has 0 saturated carbocycles. The van der Waals surface area contributed by atoms with Crippen LogP contribution in [0, 0.1) is 0 Å². The Bertz CT molecular complexity index is 967. The Kier molecular flexibility index (Phi) is 8.46. The summed E-state index contributed by atoms with van der Waals surface area (Å²) in [5.74, 6) is -0.605. The third-order valence-corrected chi connectivity index (χ3v) is 12.7. The first-order valence-corrected chi connectivity index (χ1v) is 17.1. The van der Waals surface area contributed by atoms with Crippen LogP contribution in [0.25, 0.3) is 0 Å². The van der Waals surface area contributed by atoms with Crippen molar-refractivity contribution in [3.05, 3.63) is 0 Å². The maximum Gasteiger partial charge on any atom is 0.164 e. The number of ether oxygens (including phenoxy) is 6. The lowest BCUT2D eigenvalue weighted by atomic mass is 9.79. The SMILES string of the molecule is CC1(C)O[C@H](CC[C@@](C)(O)[C@@H]2CC[C@](C)([C@@H]3CC[C@@H]([C@@]4(C)CC[C@@H]5OC(C)(C)[C@H](Br)CC[C@@]5(C)O4)O3)O2)C(C)(C)O1. The maximum absolute atomic E-state index is 11.6. The molecule has 41 heavy (non-hydrogen) atoms. The average Bonchev–Trinajstić information content (AvgIpc) is 3.53. The number of hydrogen-bond donors (Lipinski definition) is 1. The Hall–Kier alpha value is 0.200. The second kappa shape index (κ2) is 10.6. The van der Waals surface area contributed by atoms with Crippen LogP contribution in [0.4, 0.5) is 0 Å². The van der Waals surface area contributed by atoms with Crippen LogP contribution in [-0.2, 0) is 28.4 Å². The molecule has 8 heteroatoms. The van der Waals surface area contributed by atoms with Gasteiger partial charge in [-0.3, -0.25) is 0 Å². The Morgan fingerprint density at radius 2 is 1.27 bits per heavy atom. The maximum atomic E-state index is 11.6. The van der Waals surface area contributed by atoms with Crippen molar-refractivity contribution in [2.45, 2.75) is 208 Å². The molecule has 5 saturated heterocycles. The molecule has 5 aliphatic rings. The van der Waals surface area contributed by atoms with Crippen LogP contribution in [0.5, 0.6) is 0 Å². The minimum atomic E-state index is -0.954. The quantitative estimate of drug-likeness (QED) is 0.313. The van der Waals surface area contributed by atoms with Gasteiger partial charge in [-0.2, -0.15) is 0 Å². The lowest BCUT2D eigenvalue weighted by molar-refractivity contribution is -0.278. The van der Waals surface area contributed by atoms with Crippen LogP contribution in [0.15, 0.2) is 0 Å². The summed E-state index contributed by atoms with van der Waals surface area (Å²) in [7, 11) is 0. The summed E-state index contributed by atoms with van der Waals surface area (Å²) >= 11 is 3.87.